The number of rotatable bonds is 9. The van der Waals surface area contributed by atoms with Crippen LogP contribution in [0.5, 0.6) is 0 Å². The van der Waals surface area contributed by atoms with Crippen molar-refractivity contribution in [2.75, 3.05) is 32.1 Å². The molecule has 0 unspecified atom stereocenters. The molecule has 4 rings (SSSR count). The average Bonchev–Trinajstić information content (AvgIpc) is 3.66. The molecule has 1 aromatic heterocycles. The highest BCUT2D eigenvalue weighted by Crippen LogP contribution is 2.46. The Kier molecular flexibility index (Phi) is 8.96. The Balaban J connectivity index is 1.49. The minimum Gasteiger partial charge on any atom is -0.463 e. The molecule has 0 spiro atoms. The van der Waals surface area contributed by atoms with Crippen LogP contribution in [0.3, 0.4) is 0 Å². The molecular weight excluding hydrogens is 517 g/mol. The topological polar surface area (TPSA) is 119 Å². The average molecular weight is 554 g/mol. The molecule has 1 heterocycles. The molecule has 10 heteroatoms. The summed E-state index contributed by atoms with van der Waals surface area (Å²) in [5, 5.41) is 9.12. The maximum atomic E-state index is 13.7. The minimum absolute atomic E-state index is 0.0889. The van der Waals surface area contributed by atoms with Gasteiger partial charge in [0.2, 0.25) is 0 Å². The third-order valence-corrected chi connectivity index (χ3v) is 6.34. The first kappa shape index (κ1) is 28.9. The van der Waals surface area contributed by atoms with Crippen molar-refractivity contribution in [3.63, 3.8) is 0 Å². The lowest BCUT2D eigenvalue weighted by Crippen LogP contribution is -2.36. The van der Waals surface area contributed by atoms with Gasteiger partial charge in [0.05, 0.1) is 5.56 Å². The molecular formula is C30H36FN3O6. The summed E-state index contributed by atoms with van der Waals surface area (Å²) < 4.78 is 30.3. The van der Waals surface area contributed by atoms with E-state index in [9.17, 15) is 18.8 Å². The summed E-state index contributed by atoms with van der Waals surface area (Å²) in [6, 6.07) is 3.87. The quantitative estimate of drug-likeness (QED) is 0.268. The SMILES string of the molecule is CNC(=O)c1c(C2=C/C/C=C(/F)C/C=C\2)oc2cc(NCCOC(=O)CNC(=O)OC(C)(C)C)c(C3CC3)cc12. The van der Waals surface area contributed by atoms with Crippen molar-refractivity contribution in [3.05, 3.63) is 59.2 Å². The van der Waals surface area contributed by atoms with Gasteiger partial charge in [0.1, 0.15) is 35.9 Å². The van der Waals surface area contributed by atoms with Crippen LogP contribution in [0.25, 0.3) is 16.5 Å². The van der Waals surface area contributed by atoms with Gasteiger partial charge in [0.25, 0.3) is 5.91 Å². The number of halogens is 1. The molecule has 9 nitrogen and oxygen atoms in total. The number of anilines is 1. The van der Waals surface area contributed by atoms with Crippen molar-refractivity contribution < 1.29 is 32.7 Å². The summed E-state index contributed by atoms with van der Waals surface area (Å²) >= 11 is 0. The van der Waals surface area contributed by atoms with Gasteiger partial charge in [-0.2, -0.15) is 0 Å². The highest BCUT2D eigenvalue weighted by atomic mass is 19.1. The zero-order chi connectivity index (χ0) is 28.9. The number of benzene rings is 1. The molecule has 2 amide bonds. The van der Waals surface area contributed by atoms with Crippen LogP contribution >= 0.6 is 0 Å². The molecule has 1 saturated carbocycles. The Morgan fingerprint density at radius 1 is 1.15 bits per heavy atom. The number of furan rings is 1. The van der Waals surface area contributed by atoms with Gasteiger partial charge in [-0.25, -0.2) is 9.18 Å². The zero-order valence-corrected chi connectivity index (χ0v) is 23.3. The van der Waals surface area contributed by atoms with Gasteiger partial charge >= 0.3 is 12.1 Å². The zero-order valence-electron chi connectivity index (χ0n) is 23.3. The lowest BCUT2D eigenvalue weighted by atomic mass is 9.99. The molecule has 0 radical (unpaired) electrons. The summed E-state index contributed by atoms with van der Waals surface area (Å²) in [5.41, 5.74) is 2.94. The minimum atomic E-state index is -0.687. The standard InChI is InChI=1S/C30H36FN3O6/c1-30(2,3)40-29(37)34-17-25(35)38-14-13-33-23-16-24-22(15-21(23)18-11-12-18)26(28(36)32-4)27(39-24)19-7-5-9-20(31)10-6-8-19/h5,7-8,10,15-16,18,33H,6,9,11-14,17H2,1-4H3,(H,32,36)(H,34,37)/b7-5-,19-8+,20-10+. The summed E-state index contributed by atoms with van der Waals surface area (Å²) in [7, 11) is 1.58. The van der Waals surface area contributed by atoms with Gasteiger partial charge in [-0.3, -0.25) is 9.59 Å². The Bertz CT molecular complexity index is 1380. The van der Waals surface area contributed by atoms with Crippen LogP contribution in [-0.4, -0.2) is 50.3 Å². The summed E-state index contributed by atoms with van der Waals surface area (Å²) in [4.78, 5) is 36.7. The second kappa shape index (κ2) is 12.4. The smallest absolute Gasteiger partial charge is 0.408 e. The van der Waals surface area contributed by atoms with Crippen LogP contribution in [-0.2, 0) is 14.3 Å². The van der Waals surface area contributed by atoms with E-state index in [1.54, 1.807) is 40.0 Å². The van der Waals surface area contributed by atoms with Gasteiger partial charge in [-0.15, -0.1) is 0 Å². The van der Waals surface area contributed by atoms with Crippen molar-refractivity contribution in [3.8, 4) is 0 Å². The van der Waals surface area contributed by atoms with E-state index in [4.69, 9.17) is 13.9 Å². The van der Waals surface area contributed by atoms with E-state index in [1.165, 1.54) is 6.08 Å². The molecule has 0 bridgehead atoms. The Morgan fingerprint density at radius 2 is 1.93 bits per heavy atom. The van der Waals surface area contributed by atoms with Crippen molar-refractivity contribution in [1.29, 1.82) is 0 Å². The lowest BCUT2D eigenvalue weighted by molar-refractivity contribution is -0.142. The van der Waals surface area contributed by atoms with Gasteiger partial charge < -0.3 is 29.8 Å². The molecule has 0 aliphatic heterocycles. The largest absolute Gasteiger partial charge is 0.463 e. The van der Waals surface area contributed by atoms with Crippen LogP contribution in [0, 0.1) is 0 Å². The van der Waals surface area contributed by atoms with E-state index in [1.807, 2.05) is 18.2 Å². The number of amides is 2. The molecule has 3 N–H and O–H groups in total. The van der Waals surface area contributed by atoms with Crippen LogP contribution in [0.2, 0.25) is 0 Å². The van der Waals surface area contributed by atoms with Crippen molar-refractivity contribution in [2.45, 2.75) is 58.0 Å². The first-order valence-electron chi connectivity index (χ1n) is 13.5. The Hall–Kier alpha value is -4.08. The predicted molar refractivity (Wildman–Crippen MR) is 151 cm³/mol. The van der Waals surface area contributed by atoms with Crippen molar-refractivity contribution >= 4 is 40.2 Å². The third kappa shape index (κ3) is 7.52. The molecule has 2 aliphatic carbocycles. The number of carbonyl (C=O) groups is 3. The number of hydrogen-bond donors (Lipinski definition) is 3. The summed E-state index contributed by atoms with van der Waals surface area (Å²) in [6.45, 7) is 5.34. The molecule has 1 fully saturated rings. The van der Waals surface area contributed by atoms with E-state index in [0.717, 1.165) is 24.1 Å². The predicted octanol–water partition coefficient (Wildman–Crippen LogP) is 5.74. The van der Waals surface area contributed by atoms with Crippen LogP contribution in [0.4, 0.5) is 14.9 Å². The first-order chi connectivity index (χ1) is 19.1. The van der Waals surface area contributed by atoms with Crippen molar-refractivity contribution in [1.82, 2.24) is 10.6 Å². The number of fused-ring (bicyclic) bond motifs is 1. The normalized spacial score (nSPS) is 18.8. The van der Waals surface area contributed by atoms with Gasteiger partial charge in [-0.1, -0.05) is 18.2 Å². The number of esters is 1. The van der Waals surface area contributed by atoms with Gasteiger partial charge in [0.15, 0.2) is 0 Å². The number of carbonyl (C=O) groups excluding carboxylic acids is 3. The van der Waals surface area contributed by atoms with Gasteiger partial charge in [0, 0.05) is 42.7 Å². The molecule has 40 heavy (non-hydrogen) atoms. The lowest BCUT2D eigenvalue weighted by Gasteiger charge is -2.19. The molecule has 2 aromatic rings. The second-order valence-electron chi connectivity index (χ2n) is 10.8. The molecule has 0 saturated heterocycles. The first-order valence-corrected chi connectivity index (χ1v) is 13.5. The Morgan fingerprint density at radius 3 is 2.62 bits per heavy atom. The van der Waals surface area contributed by atoms with Crippen molar-refractivity contribution in [2.24, 2.45) is 0 Å². The second-order valence-corrected chi connectivity index (χ2v) is 10.8. The summed E-state index contributed by atoms with van der Waals surface area (Å²) in [6.07, 6.45) is 8.82. The number of allylic oxidation sites excluding steroid dienone is 6. The fraction of sp³-hybridized carbons (Fsp3) is 0.433. The molecule has 1 aromatic carbocycles. The summed E-state index contributed by atoms with van der Waals surface area (Å²) in [5.74, 6) is -0.242. The Labute approximate surface area is 232 Å². The third-order valence-electron chi connectivity index (χ3n) is 6.34. The monoisotopic (exact) mass is 553 g/mol. The van der Waals surface area contributed by atoms with E-state index >= 15 is 0 Å². The maximum absolute atomic E-state index is 13.7. The fourth-order valence-electron chi connectivity index (χ4n) is 4.39. The van der Waals surface area contributed by atoms with E-state index in [2.05, 4.69) is 16.0 Å². The number of alkyl carbamates (subject to hydrolysis) is 1. The van der Waals surface area contributed by atoms with E-state index in [0.29, 0.717) is 46.7 Å². The van der Waals surface area contributed by atoms with E-state index in [-0.39, 0.29) is 31.3 Å². The van der Waals surface area contributed by atoms with E-state index < -0.39 is 17.7 Å². The van der Waals surface area contributed by atoms with Gasteiger partial charge in [-0.05, 0) is 63.7 Å². The van der Waals surface area contributed by atoms with Crippen LogP contribution in [0.15, 0.2) is 46.7 Å². The molecule has 0 atom stereocenters. The highest BCUT2D eigenvalue weighted by molar-refractivity contribution is 6.11. The number of ether oxygens (including phenoxy) is 2. The highest BCUT2D eigenvalue weighted by Gasteiger charge is 2.30. The van der Waals surface area contributed by atoms with Crippen LogP contribution < -0.4 is 16.0 Å². The molecule has 2 aliphatic rings. The fourth-order valence-corrected chi connectivity index (χ4v) is 4.39. The number of hydrogen-bond acceptors (Lipinski definition) is 7. The van der Waals surface area contributed by atoms with Crippen LogP contribution in [0.1, 0.15) is 74.1 Å². The maximum Gasteiger partial charge on any atom is 0.408 e. The molecule has 214 valence electrons. The number of nitrogens with one attached hydrogen (secondary N) is 3.